The van der Waals surface area contributed by atoms with Gasteiger partial charge in [-0.25, -0.2) is 0 Å². The van der Waals surface area contributed by atoms with Crippen molar-refractivity contribution in [2.45, 2.75) is 67.1 Å². The first-order chi connectivity index (χ1) is 21.0. The van der Waals surface area contributed by atoms with E-state index in [1.165, 1.54) is 16.3 Å². The van der Waals surface area contributed by atoms with Crippen LogP contribution in [0.25, 0.3) is 44.5 Å². The molecule has 45 heavy (non-hydrogen) atoms. The van der Waals surface area contributed by atoms with Crippen LogP contribution in [0.4, 0.5) is 0 Å². The Morgan fingerprint density at radius 2 is 1.56 bits per heavy atom. The summed E-state index contributed by atoms with van der Waals surface area (Å²) >= 11 is 0. The first-order valence-corrected chi connectivity index (χ1v) is 19.1. The molecule has 0 amide bonds. The number of hydrogen-bond donors (Lipinski definition) is 0. The van der Waals surface area contributed by atoms with Crippen LogP contribution in [0, 0.1) is 30.9 Å². The standard InChI is InChI=1S/C21H19N2O.C18H24NSi.Ir/c1-13(2)9-15-7-8-22-19(11-15)17-6-4-5-16-18-12-23-14(3)10-20(18)24-21(16)17;1-14(2)11-16-12-17(15-9-7-6-8-10-15)19-13-18(16)20(3,4)5;/h4-5,7-8,10-13H,9H2,1-3H3;6-9,12-14H,11H2,1-5H3;/q2*-1;. The normalized spacial score (nSPS) is 11.5. The number of benzene rings is 2. The molecule has 4 nitrogen and oxygen atoms in total. The van der Waals surface area contributed by atoms with Crippen molar-refractivity contribution in [1.82, 2.24) is 15.0 Å². The van der Waals surface area contributed by atoms with Crippen LogP contribution < -0.4 is 5.19 Å². The third kappa shape index (κ3) is 8.43. The van der Waals surface area contributed by atoms with E-state index in [0.29, 0.717) is 11.8 Å². The van der Waals surface area contributed by atoms with Gasteiger partial charge in [0.2, 0.25) is 0 Å². The molecule has 0 aliphatic heterocycles. The van der Waals surface area contributed by atoms with Gasteiger partial charge in [0.25, 0.3) is 0 Å². The molecule has 0 bridgehead atoms. The van der Waals surface area contributed by atoms with Gasteiger partial charge in [-0.05, 0) is 54.2 Å². The average molecular weight is 790 g/mol. The van der Waals surface area contributed by atoms with E-state index >= 15 is 0 Å². The van der Waals surface area contributed by atoms with Gasteiger partial charge in [0.15, 0.2) is 0 Å². The molecule has 0 aliphatic rings. The van der Waals surface area contributed by atoms with Crippen molar-refractivity contribution in [3.63, 3.8) is 0 Å². The predicted molar refractivity (Wildman–Crippen MR) is 187 cm³/mol. The number of nitrogens with zero attached hydrogens (tertiary/aromatic N) is 3. The molecule has 2 aromatic carbocycles. The van der Waals surface area contributed by atoms with Gasteiger partial charge in [-0.15, -0.1) is 54.1 Å². The van der Waals surface area contributed by atoms with Crippen LogP contribution in [0.1, 0.15) is 44.5 Å². The molecule has 0 saturated heterocycles. The van der Waals surface area contributed by atoms with Crippen molar-refractivity contribution in [2.24, 2.45) is 11.8 Å². The summed E-state index contributed by atoms with van der Waals surface area (Å²) in [6.45, 7) is 18.2. The van der Waals surface area contributed by atoms with Crippen LogP contribution in [0.15, 0.2) is 83.7 Å². The summed E-state index contributed by atoms with van der Waals surface area (Å²) in [7, 11) is -1.34. The molecule has 0 saturated carbocycles. The number of rotatable bonds is 7. The number of furan rings is 1. The van der Waals surface area contributed by atoms with Crippen molar-refractivity contribution in [3.8, 4) is 22.5 Å². The van der Waals surface area contributed by atoms with Gasteiger partial charge in [0.1, 0.15) is 5.58 Å². The predicted octanol–water partition coefficient (Wildman–Crippen LogP) is 9.64. The second-order valence-electron chi connectivity index (χ2n) is 13.5. The summed E-state index contributed by atoms with van der Waals surface area (Å²) in [6, 6.07) is 27.1. The van der Waals surface area contributed by atoms with Crippen LogP contribution in [0.2, 0.25) is 19.6 Å². The zero-order valence-corrected chi connectivity index (χ0v) is 31.1. The van der Waals surface area contributed by atoms with Crippen LogP contribution in [0.3, 0.4) is 0 Å². The number of hydrogen-bond acceptors (Lipinski definition) is 4. The van der Waals surface area contributed by atoms with E-state index in [1.807, 2.05) is 55.7 Å². The van der Waals surface area contributed by atoms with E-state index < -0.39 is 8.07 Å². The van der Waals surface area contributed by atoms with Gasteiger partial charge < -0.3 is 14.4 Å². The Hall–Kier alpha value is -3.44. The second-order valence-corrected chi connectivity index (χ2v) is 18.6. The number of aryl methyl sites for hydroxylation is 1. The topological polar surface area (TPSA) is 51.8 Å². The van der Waals surface area contributed by atoms with E-state index in [-0.39, 0.29) is 20.1 Å². The Balaban J connectivity index is 0.000000204. The molecule has 4 aromatic heterocycles. The van der Waals surface area contributed by atoms with Crippen molar-refractivity contribution in [2.75, 3.05) is 0 Å². The van der Waals surface area contributed by atoms with Gasteiger partial charge >= 0.3 is 0 Å². The molecule has 0 N–H and O–H groups in total. The van der Waals surface area contributed by atoms with Gasteiger partial charge in [0, 0.05) is 55.8 Å². The van der Waals surface area contributed by atoms with Crippen molar-refractivity contribution < 1.29 is 24.5 Å². The van der Waals surface area contributed by atoms with Crippen LogP contribution in [-0.2, 0) is 32.9 Å². The average Bonchev–Trinajstić information content (AvgIpc) is 3.34. The van der Waals surface area contributed by atoms with Crippen LogP contribution >= 0.6 is 0 Å². The van der Waals surface area contributed by atoms with Gasteiger partial charge in [-0.2, -0.15) is 0 Å². The van der Waals surface area contributed by atoms with E-state index in [9.17, 15) is 0 Å². The maximum absolute atomic E-state index is 6.13. The van der Waals surface area contributed by atoms with Crippen LogP contribution in [0.5, 0.6) is 0 Å². The molecule has 6 rings (SSSR count). The second kappa shape index (κ2) is 14.8. The van der Waals surface area contributed by atoms with Gasteiger partial charge in [-0.1, -0.05) is 81.5 Å². The molecule has 0 spiro atoms. The fourth-order valence-electron chi connectivity index (χ4n) is 5.61. The summed E-state index contributed by atoms with van der Waals surface area (Å²) in [4.78, 5) is 13.6. The largest absolute Gasteiger partial charge is 0.500 e. The minimum absolute atomic E-state index is 0. The fourth-order valence-corrected chi connectivity index (χ4v) is 7.20. The Kier molecular flexibility index (Phi) is 11.3. The molecular formula is C39H43IrN3OSi-2. The fraction of sp³-hybridized carbons (Fsp3) is 0.308. The summed E-state index contributed by atoms with van der Waals surface area (Å²) < 4.78 is 6.13. The first-order valence-electron chi connectivity index (χ1n) is 15.6. The number of aromatic nitrogens is 3. The molecule has 1 radical (unpaired) electrons. The van der Waals surface area contributed by atoms with Gasteiger partial charge in [0.05, 0.1) is 13.7 Å². The molecular weight excluding hydrogens is 747 g/mol. The van der Waals surface area contributed by atoms with E-state index in [0.717, 1.165) is 63.0 Å². The third-order valence-electron chi connectivity index (χ3n) is 7.59. The molecule has 0 unspecified atom stereocenters. The SMILES string of the molecule is CC(C)Cc1cc(-c2[c-]cccc2)ncc1[Si](C)(C)C.Cc1cc2oc3c(-c4cc(CC(C)C)ccn4)[c-]ccc3c2cn1.[Ir]. The zero-order chi connectivity index (χ0) is 31.4. The molecule has 6 heteroatoms. The molecule has 0 fully saturated rings. The molecule has 4 heterocycles. The Morgan fingerprint density at radius 3 is 2.24 bits per heavy atom. The summed E-state index contributed by atoms with van der Waals surface area (Å²) in [5, 5.41) is 3.58. The quantitative estimate of drug-likeness (QED) is 0.120. The van der Waals surface area contributed by atoms with Crippen molar-refractivity contribution in [3.05, 3.63) is 108 Å². The molecule has 235 valence electrons. The van der Waals surface area contributed by atoms with E-state index in [2.05, 4.69) is 105 Å². The maximum Gasteiger partial charge on any atom is 0.124 e. The van der Waals surface area contributed by atoms with Gasteiger partial charge in [-0.3, -0.25) is 4.98 Å². The summed E-state index contributed by atoms with van der Waals surface area (Å²) in [6.07, 6.45) is 8.02. The van der Waals surface area contributed by atoms with E-state index in [4.69, 9.17) is 4.42 Å². The van der Waals surface area contributed by atoms with E-state index in [1.54, 1.807) is 0 Å². The third-order valence-corrected chi connectivity index (χ3v) is 9.66. The van der Waals surface area contributed by atoms with Crippen molar-refractivity contribution >= 4 is 35.2 Å². The molecule has 0 atom stereocenters. The smallest absolute Gasteiger partial charge is 0.124 e. The molecule has 6 aromatic rings. The number of pyridine rings is 3. The Morgan fingerprint density at radius 1 is 0.778 bits per heavy atom. The molecule has 0 aliphatic carbocycles. The van der Waals surface area contributed by atoms with Crippen molar-refractivity contribution in [1.29, 1.82) is 0 Å². The first kappa shape index (κ1) is 34.4. The zero-order valence-electron chi connectivity index (χ0n) is 27.7. The Labute approximate surface area is 283 Å². The van der Waals surface area contributed by atoms with Crippen LogP contribution in [-0.4, -0.2) is 23.0 Å². The Bertz CT molecular complexity index is 1870. The summed E-state index contributed by atoms with van der Waals surface area (Å²) in [5.41, 5.74) is 9.34. The summed E-state index contributed by atoms with van der Waals surface area (Å²) in [5.74, 6) is 1.28. The maximum atomic E-state index is 6.13. The minimum Gasteiger partial charge on any atom is -0.500 e. The number of fused-ring (bicyclic) bond motifs is 3. The monoisotopic (exact) mass is 790 g/mol. The minimum atomic E-state index is -1.34.